The van der Waals surface area contributed by atoms with Crippen molar-refractivity contribution < 1.29 is 19.1 Å². The molecular weight excluding hydrogens is 268 g/mol. The Balaban J connectivity index is 2.29. The van der Waals surface area contributed by atoms with E-state index in [-0.39, 0.29) is 11.9 Å². The number of ether oxygens (including phenoxy) is 2. The van der Waals surface area contributed by atoms with Crippen LogP contribution in [-0.4, -0.2) is 19.0 Å². The highest BCUT2D eigenvalue weighted by atomic mass is 16.5. The molecule has 0 aliphatic carbocycles. The molecule has 0 N–H and O–H groups in total. The number of hydrogen-bond donors (Lipinski definition) is 0. The number of rotatable bonds is 3. The Hall–Kier alpha value is -2.62. The third-order valence-electron chi connectivity index (χ3n) is 3.08. The minimum Gasteiger partial charge on any atom is -0.465 e. The molecule has 0 spiro atoms. The predicted molar refractivity (Wildman–Crippen MR) is 79.3 cm³/mol. The third kappa shape index (κ3) is 3.48. The van der Waals surface area contributed by atoms with Crippen LogP contribution >= 0.6 is 0 Å². The van der Waals surface area contributed by atoms with Crippen molar-refractivity contribution >= 4 is 11.9 Å². The maximum Gasteiger partial charge on any atom is 0.337 e. The van der Waals surface area contributed by atoms with Crippen molar-refractivity contribution in [2.75, 3.05) is 7.11 Å². The van der Waals surface area contributed by atoms with Crippen LogP contribution in [0.4, 0.5) is 0 Å². The summed E-state index contributed by atoms with van der Waals surface area (Å²) in [6.45, 7) is 3.31. The first-order valence-corrected chi connectivity index (χ1v) is 6.49. The molecule has 2 aromatic rings. The Kier molecular flexibility index (Phi) is 4.38. The standard InChI is InChI=1S/C17H16O4/c1-11-10-15(21-12(2)18)8-9-16(11)13-4-6-14(7-5-13)17(19)20-3/h4-10H,1-3H3. The van der Waals surface area contributed by atoms with Gasteiger partial charge in [0.25, 0.3) is 0 Å². The van der Waals surface area contributed by atoms with Crippen molar-refractivity contribution in [3.05, 3.63) is 53.6 Å². The van der Waals surface area contributed by atoms with Crippen LogP contribution in [0.15, 0.2) is 42.5 Å². The van der Waals surface area contributed by atoms with Gasteiger partial charge in [0.05, 0.1) is 12.7 Å². The summed E-state index contributed by atoms with van der Waals surface area (Å²) in [6, 6.07) is 12.6. The minimum absolute atomic E-state index is 0.343. The maximum atomic E-state index is 11.4. The first kappa shape index (κ1) is 14.8. The molecule has 0 unspecified atom stereocenters. The highest BCUT2D eigenvalue weighted by molar-refractivity contribution is 5.90. The van der Waals surface area contributed by atoms with Crippen LogP contribution in [0, 0.1) is 6.92 Å². The molecule has 4 heteroatoms. The minimum atomic E-state index is -0.358. The molecule has 0 aromatic heterocycles. The third-order valence-corrected chi connectivity index (χ3v) is 3.08. The van der Waals surface area contributed by atoms with Crippen LogP contribution < -0.4 is 4.74 Å². The molecule has 21 heavy (non-hydrogen) atoms. The largest absolute Gasteiger partial charge is 0.465 e. The van der Waals surface area contributed by atoms with Crippen LogP contribution in [0.2, 0.25) is 0 Å². The number of methoxy groups -OCH3 is 1. The molecule has 0 aliphatic heterocycles. The second kappa shape index (κ2) is 6.22. The first-order chi connectivity index (χ1) is 10.0. The topological polar surface area (TPSA) is 52.6 Å². The average molecular weight is 284 g/mol. The van der Waals surface area contributed by atoms with Crippen LogP contribution in [0.3, 0.4) is 0 Å². The molecule has 0 amide bonds. The molecular formula is C17H16O4. The number of aryl methyl sites for hydroxylation is 1. The van der Waals surface area contributed by atoms with Gasteiger partial charge in [-0.05, 0) is 47.9 Å². The number of carbonyl (C=O) groups excluding carboxylic acids is 2. The monoisotopic (exact) mass is 284 g/mol. The van der Waals surface area contributed by atoms with Gasteiger partial charge in [0, 0.05) is 6.92 Å². The number of hydrogen-bond acceptors (Lipinski definition) is 4. The normalized spacial score (nSPS) is 10.0. The average Bonchev–Trinajstić information content (AvgIpc) is 2.46. The summed E-state index contributed by atoms with van der Waals surface area (Å²) >= 11 is 0. The van der Waals surface area contributed by atoms with Gasteiger partial charge >= 0.3 is 11.9 Å². The van der Waals surface area contributed by atoms with Crippen molar-refractivity contribution in [2.24, 2.45) is 0 Å². The van der Waals surface area contributed by atoms with E-state index in [4.69, 9.17) is 4.74 Å². The summed E-state index contributed by atoms with van der Waals surface area (Å²) < 4.78 is 9.72. The Labute approximate surface area is 123 Å². The van der Waals surface area contributed by atoms with Crippen molar-refractivity contribution in [3.63, 3.8) is 0 Å². The van der Waals surface area contributed by atoms with E-state index in [1.54, 1.807) is 18.2 Å². The van der Waals surface area contributed by atoms with Crippen molar-refractivity contribution in [1.82, 2.24) is 0 Å². The van der Waals surface area contributed by atoms with E-state index in [9.17, 15) is 9.59 Å². The van der Waals surface area contributed by atoms with Crippen LogP contribution in [0.5, 0.6) is 5.75 Å². The highest BCUT2D eigenvalue weighted by Crippen LogP contribution is 2.27. The summed E-state index contributed by atoms with van der Waals surface area (Å²) in [7, 11) is 1.36. The van der Waals surface area contributed by atoms with Crippen molar-refractivity contribution in [1.29, 1.82) is 0 Å². The lowest BCUT2D eigenvalue weighted by Crippen LogP contribution is -2.02. The quantitative estimate of drug-likeness (QED) is 0.640. The molecule has 0 fully saturated rings. The zero-order valence-electron chi connectivity index (χ0n) is 12.2. The summed E-state index contributed by atoms with van der Waals surface area (Å²) in [4.78, 5) is 22.3. The van der Waals surface area contributed by atoms with Crippen LogP contribution in [0.25, 0.3) is 11.1 Å². The molecule has 0 saturated heterocycles. The van der Waals surface area contributed by atoms with Gasteiger partial charge in [-0.2, -0.15) is 0 Å². The molecule has 0 heterocycles. The second-order valence-corrected chi connectivity index (χ2v) is 4.64. The Bertz CT molecular complexity index is 672. The molecule has 4 nitrogen and oxygen atoms in total. The van der Waals surface area contributed by atoms with E-state index in [0.29, 0.717) is 11.3 Å². The summed E-state index contributed by atoms with van der Waals surface area (Å²) in [5.74, 6) is -0.178. The first-order valence-electron chi connectivity index (χ1n) is 6.49. The summed E-state index contributed by atoms with van der Waals surface area (Å²) in [5.41, 5.74) is 3.49. The lowest BCUT2D eigenvalue weighted by Gasteiger charge is -2.09. The lowest BCUT2D eigenvalue weighted by atomic mass is 9.99. The van der Waals surface area contributed by atoms with Gasteiger partial charge in [-0.25, -0.2) is 4.79 Å². The van der Waals surface area contributed by atoms with Crippen LogP contribution in [0.1, 0.15) is 22.8 Å². The van der Waals surface area contributed by atoms with E-state index in [2.05, 4.69) is 4.74 Å². The molecule has 0 atom stereocenters. The maximum absolute atomic E-state index is 11.4. The van der Waals surface area contributed by atoms with Gasteiger partial charge in [0.15, 0.2) is 0 Å². The number of esters is 2. The molecule has 0 bridgehead atoms. The van der Waals surface area contributed by atoms with E-state index in [1.807, 2.05) is 31.2 Å². The molecule has 108 valence electrons. The Morgan fingerprint density at radius 3 is 2.19 bits per heavy atom. The van der Waals surface area contributed by atoms with E-state index in [1.165, 1.54) is 14.0 Å². The molecule has 0 radical (unpaired) electrons. The second-order valence-electron chi connectivity index (χ2n) is 4.64. The number of benzene rings is 2. The summed E-state index contributed by atoms with van der Waals surface area (Å²) in [6.07, 6.45) is 0. The Morgan fingerprint density at radius 2 is 1.67 bits per heavy atom. The van der Waals surface area contributed by atoms with Gasteiger partial charge in [-0.15, -0.1) is 0 Å². The number of carbonyl (C=O) groups is 2. The van der Waals surface area contributed by atoms with Crippen molar-refractivity contribution in [2.45, 2.75) is 13.8 Å². The van der Waals surface area contributed by atoms with Gasteiger partial charge in [-0.1, -0.05) is 18.2 Å². The zero-order chi connectivity index (χ0) is 15.4. The van der Waals surface area contributed by atoms with Crippen LogP contribution in [-0.2, 0) is 9.53 Å². The van der Waals surface area contributed by atoms with Crippen molar-refractivity contribution in [3.8, 4) is 16.9 Å². The Morgan fingerprint density at radius 1 is 1.00 bits per heavy atom. The van der Waals surface area contributed by atoms with E-state index < -0.39 is 0 Å². The molecule has 0 aliphatic rings. The predicted octanol–water partition coefficient (Wildman–Crippen LogP) is 3.37. The van der Waals surface area contributed by atoms with E-state index >= 15 is 0 Å². The smallest absolute Gasteiger partial charge is 0.337 e. The van der Waals surface area contributed by atoms with Gasteiger partial charge in [0.1, 0.15) is 5.75 Å². The van der Waals surface area contributed by atoms with Gasteiger partial charge in [-0.3, -0.25) is 4.79 Å². The molecule has 0 saturated carbocycles. The summed E-state index contributed by atoms with van der Waals surface area (Å²) in [5, 5.41) is 0. The van der Waals surface area contributed by atoms with E-state index in [0.717, 1.165) is 16.7 Å². The fourth-order valence-electron chi connectivity index (χ4n) is 2.09. The fraction of sp³-hybridized carbons (Fsp3) is 0.176. The SMILES string of the molecule is COC(=O)c1ccc(-c2ccc(OC(C)=O)cc2C)cc1. The zero-order valence-corrected chi connectivity index (χ0v) is 12.2. The van der Waals surface area contributed by atoms with Gasteiger partial charge < -0.3 is 9.47 Å². The lowest BCUT2D eigenvalue weighted by molar-refractivity contribution is -0.131. The highest BCUT2D eigenvalue weighted by Gasteiger charge is 2.08. The van der Waals surface area contributed by atoms with Gasteiger partial charge in [0.2, 0.25) is 0 Å². The fourth-order valence-corrected chi connectivity index (χ4v) is 2.09. The molecule has 2 rings (SSSR count). The molecule has 2 aromatic carbocycles.